The lowest BCUT2D eigenvalue weighted by molar-refractivity contribution is -0.138. The van der Waals surface area contributed by atoms with Crippen LogP contribution in [-0.2, 0) is 11.2 Å². The zero-order valence-electron chi connectivity index (χ0n) is 9.68. The Kier molecular flexibility index (Phi) is 2.86. The third-order valence-corrected chi connectivity index (χ3v) is 3.32. The molecule has 1 N–H and O–H groups in total. The van der Waals surface area contributed by atoms with Crippen molar-refractivity contribution in [2.45, 2.75) is 25.8 Å². The molecule has 0 aliphatic heterocycles. The van der Waals surface area contributed by atoms with Gasteiger partial charge < -0.3 is 10.0 Å². The minimum Gasteiger partial charge on any atom is -0.481 e. The van der Waals surface area contributed by atoms with E-state index in [4.69, 9.17) is 5.11 Å². The molecule has 16 heavy (non-hydrogen) atoms. The topological polar surface area (TPSA) is 40.5 Å². The van der Waals surface area contributed by atoms with E-state index in [1.807, 2.05) is 7.05 Å². The fourth-order valence-corrected chi connectivity index (χ4v) is 2.03. The number of carboxylic acid groups (broad SMARTS) is 1. The molecule has 3 nitrogen and oxygen atoms in total. The van der Waals surface area contributed by atoms with Gasteiger partial charge in [-0.05, 0) is 30.5 Å². The zero-order chi connectivity index (χ0) is 11.7. The van der Waals surface area contributed by atoms with E-state index in [0.717, 1.165) is 18.5 Å². The molecule has 0 bridgehead atoms. The van der Waals surface area contributed by atoms with Crippen LogP contribution in [0.25, 0.3) is 0 Å². The summed E-state index contributed by atoms with van der Waals surface area (Å²) >= 11 is 0. The maximum absolute atomic E-state index is 10.8. The van der Waals surface area contributed by atoms with E-state index in [1.54, 1.807) is 0 Å². The Hall–Kier alpha value is -1.51. The van der Waals surface area contributed by atoms with Crippen molar-refractivity contribution in [1.82, 2.24) is 0 Å². The molecule has 0 saturated heterocycles. The Labute approximate surface area is 95.7 Å². The van der Waals surface area contributed by atoms with Gasteiger partial charge in [0.1, 0.15) is 0 Å². The summed E-state index contributed by atoms with van der Waals surface area (Å²) in [6, 6.07) is 8.50. The van der Waals surface area contributed by atoms with Gasteiger partial charge in [-0.1, -0.05) is 19.1 Å². The van der Waals surface area contributed by atoms with Crippen LogP contribution in [0.5, 0.6) is 0 Å². The molecule has 1 aromatic carbocycles. The molecule has 0 spiro atoms. The van der Waals surface area contributed by atoms with E-state index >= 15 is 0 Å². The first-order valence-electron chi connectivity index (χ1n) is 5.68. The predicted octanol–water partition coefficient (Wildman–Crippen LogP) is 2.16. The largest absolute Gasteiger partial charge is 0.481 e. The lowest BCUT2D eigenvalue weighted by atomic mass is 10.1. The minimum absolute atomic E-state index is 0.171. The van der Waals surface area contributed by atoms with Gasteiger partial charge in [-0.15, -0.1) is 0 Å². The number of nitrogens with zero attached hydrogens (tertiary/aromatic N) is 1. The summed E-state index contributed by atoms with van der Waals surface area (Å²) in [5, 5.41) is 8.87. The summed E-state index contributed by atoms with van der Waals surface area (Å²) in [4.78, 5) is 12.8. The Morgan fingerprint density at radius 1 is 1.44 bits per heavy atom. The molecule has 1 aliphatic rings. The second-order valence-electron chi connectivity index (χ2n) is 4.38. The van der Waals surface area contributed by atoms with Gasteiger partial charge in [0.25, 0.3) is 0 Å². The Morgan fingerprint density at radius 2 is 2.06 bits per heavy atom. The standard InChI is InChI=1S/C13H17NO2/c1-3-9-4-6-10(7-5-9)14(2)12-8-11(12)13(15)16/h4-7,11-12H,3,8H2,1-2H3,(H,15,16). The fourth-order valence-electron chi connectivity index (χ4n) is 2.03. The van der Waals surface area contributed by atoms with Crippen molar-refractivity contribution in [2.75, 3.05) is 11.9 Å². The number of hydrogen-bond donors (Lipinski definition) is 1. The van der Waals surface area contributed by atoms with Gasteiger partial charge >= 0.3 is 5.97 Å². The molecule has 0 heterocycles. The van der Waals surface area contributed by atoms with Crippen LogP contribution in [0.1, 0.15) is 18.9 Å². The van der Waals surface area contributed by atoms with Gasteiger partial charge in [-0.2, -0.15) is 0 Å². The molecular weight excluding hydrogens is 202 g/mol. The SMILES string of the molecule is CCc1ccc(N(C)C2CC2C(=O)O)cc1. The third-order valence-electron chi connectivity index (χ3n) is 3.32. The van der Waals surface area contributed by atoms with E-state index in [1.165, 1.54) is 5.56 Å². The highest BCUT2D eigenvalue weighted by atomic mass is 16.4. The van der Waals surface area contributed by atoms with Crippen molar-refractivity contribution in [3.63, 3.8) is 0 Å². The Balaban J connectivity index is 2.04. The van der Waals surface area contributed by atoms with Crippen LogP contribution in [0.2, 0.25) is 0 Å². The van der Waals surface area contributed by atoms with Gasteiger partial charge in [-0.25, -0.2) is 0 Å². The lowest BCUT2D eigenvalue weighted by Crippen LogP contribution is -2.23. The zero-order valence-corrected chi connectivity index (χ0v) is 9.68. The summed E-state index contributed by atoms with van der Waals surface area (Å²) in [5.41, 5.74) is 2.41. The second kappa shape index (κ2) is 4.16. The first kappa shape index (κ1) is 11.0. The molecule has 1 aromatic rings. The number of aliphatic carboxylic acids is 1. The number of aryl methyl sites for hydroxylation is 1. The summed E-state index contributed by atoms with van der Waals surface area (Å²) in [7, 11) is 1.97. The molecule has 2 rings (SSSR count). The number of rotatable bonds is 4. The number of carbonyl (C=O) groups is 1. The van der Waals surface area contributed by atoms with Crippen LogP contribution in [0.15, 0.2) is 24.3 Å². The molecule has 1 fully saturated rings. The summed E-state index contributed by atoms with van der Waals surface area (Å²) in [6.07, 6.45) is 1.80. The van der Waals surface area contributed by atoms with E-state index in [9.17, 15) is 4.79 Å². The minimum atomic E-state index is -0.679. The average Bonchev–Trinajstić information content (AvgIpc) is 3.08. The molecule has 0 amide bonds. The van der Waals surface area contributed by atoms with Crippen LogP contribution < -0.4 is 4.90 Å². The van der Waals surface area contributed by atoms with Crippen molar-refractivity contribution in [3.8, 4) is 0 Å². The van der Waals surface area contributed by atoms with Crippen LogP contribution in [0.4, 0.5) is 5.69 Å². The summed E-state index contributed by atoms with van der Waals surface area (Å²) in [6.45, 7) is 2.13. The van der Waals surface area contributed by atoms with Crippen molar-refractivity contribution >= 4 is 11.7 Å². The molecule has 0 aromatic heterocycles. The van der Waals surface area contributed by atoms with E-state index < -0.39 is 5.97 Å². The predicted molar refractivity (Wildman–Crippen MR) is 63.8 cm³/mol. The summed E-state index contributed by atoms with van der Waals surface area (Å²) < 4.78 is 0. The molecule has 2 unspecified atom stereocenters. The van der Waals surface area contributed by atoms with Crippen molar-refractivity contribution < 1.29 is 9.90 Å². The molecular formula is C13H17NO2. The molecule has 0 radical (unpaired) electrons. The van der Waals surface area contributed by atoms with Crippen LogP contribution in [-0.4, -0.2) is 24.2 Å². The van der Waals surface area contributed by atoms with Crippen LogP contribution in [0.3, 0.4) is 0 Å². The van der Waals surface area contributed by atoms with Crippen molar-refractivity contribution in [2.24, 2.45) is 5.92 Å². The number of anilines is 1. The Bertz CT molecular complexity index is 385. The summed E-state index contributed by atoms with van der Waals surface area (Å²) in [5.74, 6) is -0.863. The van der Waals surface area contributed by atoms with Crippen molar-refractivity contribution in [1.29, 1.82) is 0 Å². The highest BCUT2D eigenvalue weighted by Crippen LogP contribution is 2.37. The monoisotopic (exact) mass is 219 g/mol. The van der Waals surface area contributed by atoms with Gasteiger partial charge in [-0.3, -0.25) is 4.79 Å². The molecule has 1 saturated carbocycles. The smallest absolute Gasteiger partial charge is 0.308 e. The average molecular weight is 219 g/mol. The maximum Gasteiger partial charge on any atom is 0.308 e. The molecule has 86 valence electrons. The van der Waals surface area contributed by atoms with Gasteiger partial charge in [0.15, 0.2) is 0 Å². The van der Waals surface area contributed by atoms with Crippen molar-refractivity contribution in [3.05, 3.63) is 29.8 Å². The normalized spacial score (nSPS) is 22.9. The second-order valence-corrected chi connectivity index (χ2v) is 4.38. The van der Waals surface area contributed by atoms with E-state index in [2.05, 4.69) is 36.1 Å². The molecule has 3 heteroatoms. The van der Waals surface area contributed by atoms with Gasteiger partial charge in [0.05, 0.1) is 5.92 Å². The Morgan fingerprint density at radius 3 is 2.50 bits per heavy atom. The first-order chi connectivity index (χ1) is 7.63. The highest BCUT2D eigenvalue weighted by Gasteiger charge is 2.46. The third kappa shape index (κ3) is 2.03. The lowest BCUT2D eigenvalue weighted by Gasteiger charge is -2.19. The van der Waals surface area contributed by atoms with Crippen LogP contribution >= 0.6 is 0 Å². The number of benzene rings is 1. The van der Waals surface area contributed by atoms with E-state index in [0.29, 0.717) is 0 Å². The van der Waals surface area contributed by atoms with Gasteiger partial charge in [0.2, 0.25) is 0 Å². The maximum atomic E-state index is 10.8. The quantitative estimate of drug-likeness (QED) is 0.843. The first-order valence-corrected chi connectivity index (χ1v) is 5.68. The van der Waals surface area contributed by atoms with Crippen LogP contribution in [0, 0.1) is 5.92 Å². The molecule has 1 aliphatic carbocycles. The van der Waals surface area contributed by atoms with E-state index in [-0.39, 0.29) is 12.0 Å². The highest BCUT2D eigenvalue weighted by molar-refractivity contribution is 5.76. The molecule has 2 atom stereocenters. The fraction of sp³-hybridized carbons (Fsp3) is 0.462. The van der Waals surface area contributed by atoms with Gasteiger partial charge in [0, 0.05) is 18.8 Å². The number of hydrogen-bond acceptors (Lipinski definition) is 2. The number of carboxylic acids is 1.